The van der Waals surface area contributed by atoms with Gasteiger partial charge in [-0.05, 0) is 72.6 Å². The van der Waals surface area contributed by atoms with Crippen molar-refractivity contribution in [3.63, 3.8) is 0 Å². The first kappa shape index (κ1) is 21.5. The molecule has 0 saturated carbocycles. The highest BCUT2D eigenvalue weighted by Gasteiger charge is 2.16. The molecule has 7 nitrogen and oxygen atoms in total. The third-order valence-electron chi connectivity index (χ3n) is 4.77. The molecule has 0 aliphatic heterocycles. The van der Waals surface area contributed by atoms with Crippen LogP contribution in [0.3, 0.4) is 0 Å². The molecule has 1 amide bonds. The molecule has 33 heavy (non-hydrogen) atoms. The summed E-state index contributed by atoms with van der Waals surface area (Å²) in [6.07, 6.45) is 4.75. The fraction of sp³-hybridized carbons (Fsp3) is 0.0769. The molecular weight excluding hydrogens is 416 g/mol. The zero-order valence-electron chi connectivity index (χ0n) is 17.9. The Hall–Kier alpha value is -4.70. The van der Waals surface area contributed by atoms with Gasteiger partial charge in [-0.25, -0.2) is 4.98 Å². The van der Waals surface area contributed by atoms with Gasteiger partial charge in [0.1, 0.15) is 23.7 Å². The van der Waals surface area contributed by atoms with Gasteiger partial charge in [-0.1, -0.05) is 12.1 Å². The largest absolute Gasteiger partial charge is 0.489 e. The van der Waals surface area contributed by atoms with Gasteiger partial charge in [-0.2, -0.15) is 5.26 Å². The van der Waals surface area contributed by atoms with E-state index in [1.165, 1.54) is 0 Å². The molecule has 2 aromatic carbocycles. The maximum absolute atomic E-state index is 12.9. The summed E-state index contributed by atoms with van der Waals surface area (Å²) in [5.74, 6) is 1.00. The lowest BCUT2D eigenvalue weighted by atomic mass is 10.1. The van der Waals surface area contributed by atoms with Crippen LogP contribution in [0.1, 0.15) is 27.0 Å². The van der Waals surface area contributed by atoms with Crippen LogP contribution < -0.4 is 14.8 Å². The van der Waals surface area contributed by atoms with Gasteiger partial charge in [0.25, 0.3) is 5.91 Å². The van der Waals surface area contributed by atoms with Gasteiger partial charge in [0.2, 0.25) is 5.88 Å². The van der Waals surface area contributed by atoms with Crippen LogP contribution in [-0.4, -0.2) is 15.9 Å². The predicted molar refractivity (Wildman–Crippen MR) is 123 cm³/mol. The van der Waals surface area contributed by atoms with Crippen LogP contribution in [0.2, 0.25) is 0 Å². The van der Waals surface area contributed by atoms with E-state index >= 15 is 0 Å². The Morgan fingerprint density at radius 2 is 1.91 bits per heavy atom. The van der Waals surface area contributed by atoms with E-state index in [-0.39, 0.29) is 11.8 Å². The van der Waals surface area contributed by atoms with Crippen LogP contribution >= 0.6 is 0 Å². The first-order valence-corrected chi connectivity index (χ1v) is 10.2. The van der Waals surface area contributed by atoms with E-state index in [4.69, 9.17) is 14.7 Å². The molecule has 7 heteroatoms. The smallest absolute Gasteiger partial charge is 0.261 e. The summed E-state index contributed by atoms with van der Waals surface area (Å²) in [7, 11) is 0. The fourth-order valence-electron chi connectivity index (χ4n) is 3.12. The molecule has 0 saturated heterocycles. The monoisotopic (exact) mass is 436 g/mol. The maximum atomic E-state index is 12.9. The van der Waals surface area contributed by atoms with Crippen LogP contribution in [-0.2, 0) is 6.61 Å². The summed E-state index contributed by atoms with van der Waals surface area (Å²) in [6.45, 7) is 2.22. The molecule has 0 aliphatic rings. The Labute approximate surface area is 191 Å². The molecule has 0 spiro atoms. The molecule has 4 aromatic rings. The van der Waals surface area contributed by atoms with Gasteiger partial charge in [-0.3, -0.25) is 9.78 Å². The Bertz CT molecular complexity index is 1320. The summed E-state index contributed by atoms with van der Waals surface area (Å²) < 4.78 is 11.6. The minimum atomic E-state index is -0.341. The number of ether oxygens (including phenoxy) is 2. The highest BCUT2D eigenvalue weighted by Crippen LogP contribution is 2.26. The van der Waals surface area contributed by atoms with Crippen molar-refractivity contribution >= 4 is 11.6 Å². The second-order valence-corrected chi connectivity index (χ2v) is 7.18. The molecule has 0 fully saturated rings. The van der Waals surface area contributed by atoms with Gasteiger partial charge in [0.15, 0.2) is 0 Å². The van der Waals surface area contributed by atoms with Gasteiger partial charge in [0.05, 0.1) is 17.8 Å². The number of nitriles is 1. The summed E-state index contributed by atoms with van der Waals surface area (Å²) >= 11 is 0. The second kappa shape index (κ2) is 10.1. The average molecular weight is 436 g/mol. The Morgan fingerprint density at radius 1 is 1.03 bits per heavy atom. The number of nitrogens with zero attached hydrogens (tertiary/aromatic N) is 3. The third kappa shape index (κ3) is 5.51. The fourth-order valence-corrected chi connectivity index (χ4v) is 3.12. The Kier molecular flexibility index (Phi) is 6.57. The molecule has 162 valence electrons. The second-order valence-electron chi connectivity index (χ2n) is 7.18. The van der Waals surface area contributed by atoms with Crippen LogP contribution in [0.4, 0.5) is 5.69 Å². The summed E-state index contributed by atoms with van der Waals surface area (Å²) in [4.78, 5) is 21.1. The van der Waals surface area contributed by atoms with E-state index in [9.17, 15) is 4.79 Å². The van der Waals surface area contributed by atoms with Gasteiger partial charge in [0, 0.05) is 18.1 Å². The zero-order valence-corrected chi connectivity index (χ0v) is 17.9. The highest BCUT2D eigenvalue weighted by atomic mass is 16.5. The molecule has 4 rings (SSSR count). The molecule has 2 heterocycles. The average Bonchev–Trinajstić information content (AvgIpc) is 2.85. The van der Waals surface area contributed by atoms with E-state index in [0.29, 0.717) is 34.9 Å². The number of rotatable bonds is 7. The van der Waals surface area contributed by atoms with Crippen molar-refractivity contribution < 1.29 is 14.3 Å². The SMILES string of the molecule is Cc1cc(OCc2cccc(C#N)c2)ccc1NC(=O)c1cccnc1Oc1cccnc1. The number of carbonyl (C=O) groups is 1. The summed E-state index contributed by atoms with van der Waals surface area (Å²) in [5.41, 5.74) is 3.29. The van der Waals surface area contributed by atoms with Crippen molar-refractivity contribution in [1.82, 2.24) is 9.97 Å². The minimum Gasteiger partial charge on any atom is -0.489 e. The number of hydrogen-bond donors (Lipinski definition) is 1. The van der Waals surface area contributed by atoms with Crippen molar-refractivity contribution in [2.45, 2.75) is 13.5 Å². The predicted octanol–water partition coefficient (Wildman–Crippen LogP) is 5.28. The van der Waals surface area contributed by atoms with Crippen molar-refractivity contribution in [1.29, 1.82) is 5.26 Å². The minimum absolute atomic E-state index is 0.195. The van der Waals surface area contributed by atoms with Crippen LogP contribution in [0, 0.1) is 18.3 Å². The van der Waals surface area contributed by atoms with Gasteiger partial charge < -0.3 is 14.8 Å². The molecule has 0 atom stereocenters. The quantitative estimate of drug-likeness (QED) is 0.423. The van der Waals surface area contributed by atoms with Crippen molar-refractivity contribution in [3.05, 3.63) is 108 Å². The number of benzene rings is 2. The van der Waals surface area contributed by atoms with E-state index in [0.717, 1.165) is 11.1 Å². The molecule has 1 N–H and O–H groups in total. The Balaban J connectivity index is 1.44. The zero-order chi connectivity index (χ0) is 23.0. The van der Waals surface area contributed by atoms with Crippen molar-refractivity contribution in [2.24, 2.45) is 0 Å². The van der Waals surface area contributed by atoms with Crippen molar-refractivity contribution in [3.8, 4) is 23.4 Å². The van der Waals surface area contributed by atoms with Crippen molar-refractivity contribution in [2.75, 3.05) is 5.32 Å². The summed E-state index contributed by atoms with van der Waals surface area (Å²) in [6, 6.07) is 21.6. The lowest BCUT2D eigenvalue weighted by molar-refractivity contribution is 0.102. The number of aromatic nitrogens is 2. The van der Waals surface area contributed by atoms with Gasteiger partial charge in [-0.15, -0.1) is 0 Å². The lowest BCUT2D eigenvalue weighted by Gasteiger charge is -2.13. The molecule has 0 bridgehead atoms. The number of carbonyl (C=O) groups excluding carboxylic acids is 1. The standard InChI is InChI=1S/C26H20N4O3/c1-18-13-21(32-17-20-6-2-5-19(14-20)15-27)9-10-24(18)30-25(31)23-8-4-12-29-26(23)33-22-7-3-11-28-16-22/h2-14,16H,17H2,1H3,(H,30,31). The molecule has 0 radical (unpaired) electrons. The number of anilines is 1. The van der Waals surface area contributed by atoms with Crippen LogP contribution in [0.5, 0.6) is 17.4 Å². The topological polar surface area (TPSA) is 97.1 Å². The summed E-state index contributed by atoms with van der Waals surface area (Å²) in [5, 5.41) is 11.9. The number of nitrogens with one attached hydrogen (secondary N) is 1. The number of pyridine rings is 2. The molecule has 2 aromatic heterocycles. The van der Waals surface area contributed by atoms with E-state index < -0.39 is 0 Å². The third-order valence-corrected chi connectivity index (χ3v) is 4.77. The highest BCUT2D eigenvalue weighted by molar-refractivity contribution is 6.06. The number of aryl methyl sites for hydroxylation is 1. The normalized spacial score (nSPS) is 10.2. The van der Waals surface area contributed by atoms with Gasteiger partial charge >= 0.3 is 0 Å². The molecule has 0 aliphatic carbocycles. The van der Waals surface area contributed by atoms with E-state index in [2.05, 4.69) is 21.4 Å². The molecule has 0 unspecified atom stereocenters. The first-order chi connectivity index (χ1) is 16.1. The maximum Gasteiger partial charge on any atom is 0.261 e. The van der Waals surface area contributed by atoms with Crippen LogP contribution in [0.25, 0.3) is 0 Å². The Morgan fingerprint density at radius 3 is 2.70 bits per heavy atom. The number of amides is 1. The number of hydrogen-bond acceptors (Lipinski definition) is 6. The molecular formula is C26H20N4O3. The van der Waals surface area contributed by atoms with Crippen LogP contribution in [0.15, 0.2) is 85.3 Å². The lowest BCUT2D eigenvalue weighted by Crippen LogP contribution is -2.14. The van der Waals surface area contributed by atoms with E-state index in [1.807, 2.05) is 25.1 Å². The first-order valence-electron chi connectivity index (χ1n) is 10.2. The van der Waals surface area contributed by atoms with E-state index in [1.54, 1.807) is 67.1 Å².